The lowest BCUT2D eigenvalue weighted by atomic mass is 10.1. The van der Waals surface area contributed by atoms with Gasteiger partial charge < -0.3 is 5.32 Å². The van der Waals surface area contributed by atoms with Gasteiger partial charge in [-0.3, -0.25) is 0 Å². The lowest BCUT2D eigenvalue weighted by Crippen LogP contribution is -2.35. The van der Waals surface area contributed by atoms with Gasteiger partial charge in [-0.15, -0.1) is 11.3 Å². The van der Waals surface area contributed by atoms with Crippen LogP contribution in [0.25, 0.3) is 0 Å². The van der Waals surface area contributed by atoms with Crippen LogP contribution in [-0.2, 0) is 0 Å². The Bertz CT molecular complexity index is 279. The quantitative estimate of drug-likeness (QED) is 0.805. The molecule has 0 amide bonds. The Morgan fingerprint density at radius 3 is 3.21 bits per heavy atom. The number of nitrogens with zero attached hydrogens (tertiary/aromatic N) is 1. The van der Waals surface area contributed by atoms with Gasteiger partial charge in [0, 0.05) is 22.9 Å². The van der Waals surface area contributed by atoms with Crippen LogP contribution in [-0.4, -0.2) is 23.3 Å². The monoisotopic (exact) mass is 228 g/mol. The summed E-state index contributed by atoms with van der Waals surface area (Å²) in [7, 11) is 0. The van der Waals surface area contributed by atoms with E-state index in [1.807, 2.05) is 11.8 Å². The van der Waals surface area contributed by atoms with Gasteiger partial charge in [-0.05, 0) is 26.3 Å². The third kappa shape index (κ3) is 2.97. The Hall–Kier alpha value is -0.0600. The topological polar surface area (TPSA) is 24.9 Å². The minimum absolute atomic E-state index is 0.706. The van der Waals surface area contributed by atoms with Crippen LogP contribution in [0.3, 0.4) is 0 Å². The van der Waals surface area contributed by atoms with Gasteiger partial charge in [-0.2, -0.15) is 0 Å². The molecule has 2 heterocycles. The summed E-state index contributed by atoms with van der Waals surface area (Å²) < 4.78 is 1.22. The van der Waals surface area contributed by atoms with Crippen LogP contribution >= 0.6 is 23.1 Å². The van der Waals surface area contributed by atoms with Gasteiger partial charge in [0.25, 0.3) is 0 Å². The molecule has 0 bridgehead atoms. The van der Waals surface area contributed by atoms with Crippen molar-refractivity contribution < 1.29 is 0 Å². The molecule has 1 saturated heterocycles. The molecule has 14 heavy (non-hydrogen) atoms. The van der Waals surface area contributed by atoms with Crippen molar-refractivity contribution in [2.24, 2.45) is 0 Å². The van der Waals surface area contributed by atoms with Gasteiger partial charge in [0.2, 0.25) is 0 Å². The molecule has 4 heteroatoms. The molecule has 1 fully saturated rings. The molecule has 1 aliphatic heterocycles. The van der Waals surface area contributed by atoms with Gasteiger partial charge >= 0.3 is 0 Å². The summed E-state index contributed by atoms with van der Waals surface area (Å²) in [5, 5.41) is 5.67. The van der Waals surface area contributed by atoms with E-state index < -0.39 is 0 Å². The fourth-order valence-electron chi connectivity index (χ4n) is 1.64. The van der Waals surface area contributed by atoms with Gasteiger partial charge in [0.15, 0.2) is 0 Å². The molecule has 0 aliphatic carbocycles. The van der Waals surface area contributed by atoms with Crippen molar-refractivity contribution in [3.8, 4) is 0 Å². The van der Waals surface area contributed by atoms with Gasteiger partial charge in [-0.1, -0.05) is 18.2 Å². The van der Waals surface area contributed by atoms with Crippen LogP contribution in [0.15, 0.2) is 9.72 Å². The van der Waals surface area contributed by atoms with E-state index in [2.05, 4.69) is 22.6 Å². The molecule has 0 radical (unpaired) electrons. The zero-order chi connectivity index (χ0) is 9.80. The van der Waals surface area contributed by atoms with E-state index in [0.29, 0.717) is 6.04 Å². The van der Waals surface area contributed by atoms with Gasteiger partial charge in [-0.25, -0.2) is 4.98 Å². The lowest BCUT2D eigenvalue weighted by molar-refractivity contribution is 0.430. The van der Waals surface area contributed by atoms with Crippen LogP contribution in [0.2, 0.25) is 0 Å². The first-order valence-electron chi connectivity index (χ1n) is 5.13. The lowest BCUT2D eigenvalue weighted by Gasteiger charge is -2.22. The Kier molecular flexibility index (Phi) is 3.84. The Morgan fingerprint density at radius 1 is 1.64 bits per heavy atom. The largest absolute Gasteiger partial charge is 0.313 e. The van der Waals surface area contributed by atoms with Crippen molar-refractivity contribution in [2.45, 2.75) is 36.6 Å². The smallest absolute Gasteiger partial charge is 0.150 e. The second kappa shape index (κ2) is 5.14. The van der Waals surface area contributed by atoms with Crippen LogP contribution in [0.1, 0.15) is 25.0 Å². The van der Waals surface area contributed by atoms with Crippen LogP contribution in [0, 0.1) is 6.92 Å². The summed E-state index contributed by atoms with van der Waals surface area (Å²) in [5.41, 5.74) is 1.15. The maximum atomic E-state index is 4.45. The second-order valence-electron chi connectivity index (χ2n) is 3.71. The number of thioether (sulfide) groups is 1. The first-order chi connectivity index (χ1) is 6.84. The number of hydrogen-bond donors (Lipinski definition) is 1. The fraction of sp³-hybridized carbons (Fsp3) is 0.700. The normalized spacial score (nSPS) is 22.5. The molecule has 2 nitrogen and oxygen atoms in total. The molecule has 0 spiro atoms. The van der Waals surface area contributed by atoms with E-state index in [-0.39, 0.29) is 0 Å². The molecule has 78 valence electrons. The molecular formula is C10H16N2S2. The molecule has 2 rings (SSSR count). The van der Waals surface area contributed by atoms with Crippen molar-refractivity contribution in [1.82, 2.24) is 10.3 Å². The molecule has 1 aromatic rings. The maximum Gasteiger partial charge on any atom is 0.150 e. The summed E-state index contributed by atoms with van der Waals surface area (Å²) in [6.45, 7) is 3.25. The average Bonchev–Trinajstić information content (AvgIpc) is 2.63. The Balaban J connectivity index is 1.76. The number of thiazole rings is 1. The van der Waals surface area contributed by atoms with Crippen LogP contribution in [0.5, 0.6) is 0 Å². The van der Waals surface area contributed by atoms with Crippen molar-refractivity contribution in [1.29, 1.82) is 0 Å². The number of nitrogens with one attached hydrogen (secondary N) is 1. The zero-order valence-corrected chi connectivity index (χ0v) is 10.1. The summed E-state index contributed by atoms with van der Waals surface area (Å²) in [6.07, 6.45) is 4.06. The molecule has 0 saturated carbocycles. The summed E-state index contributed by atoms with van der Waals surface area (Å²) in [5.74, 6) is 1.17. The van der Waals surface area contributed by atoms with Crippen molar-refractivity contribution in [3.63, 3.8) is 0 Å². The van der Waals surface area contributed by atoms with Crippen molar-refractivity contribution >= 4 is 23.1 Å². The second-order valence-corrected chi connectivity index (χ2v) is 5.84. The van der Waals surface area contributed by atoms with E-state index in [1.165, 1.54) is 35.9 Å². The number of aryl methyl sites for hydroxylation is 1. The third-order valence-electron chi connectivity index (χ3n) is 2.42. The van der Waals surface area contributed by atoms with Crippen molar-refractivity contribution in [3.05, 3.63) is 11.1 Å². The maximum absolute atomic E-state index is 4.45. The average molecular weight is 228 g/mol. The first-order valence-corrected chi connectivity index (χ1v) is 6.99. The first kappa shape index (κ1) is 10.5. The molecule has 1 atom stereocenters. The minimum atomic E-state index is 0.706. The third-order valence-corrected chi connectivity index (χ3v) is 4.72. The van der Waals surface area contributed by atoms with E-state index in [4.69, 9.17) is 0 Å². The Morgan fingerprint density at radius 2 is 2.57 bits per heavy atom. The van der Waals surface area contributed by atoms with E-state index in [9.17, 15) is 0 Å². The van der Waals surface area contributed by atoms with Crippen molar-refractivity contribution in [2.75, 3.05) is 12.3 Å². The van der Waals surface area contributed by atoms with Crippen LogP contribution < -0.4 is 5.32 Å². The minimum Gasteiger partial charge on any atom is -0.313 e. The highest BCUT2D eigenvalue weighted by Gasteiger charge is 2.13. The molecule has 0 aromatic carbocycles. The van der Waals surface area contributed by atoms with Gasteiger partial charge in [0.05, 0.1) is 0 Å². The predicted molar refractivity (Wildman–Crippen MR) is 63.2 cm³/mol. The SMILES string of the molecule is Cc1csc(SC[C@H]2CCCCN2)n1. The van der Waals surface area contributed by atoms with E-state index in [0.717, 1.165) is 5.69 Å². The summed E-state index contributed by atoms with van der Waals surface area (Å²) >= 11 is 3.65. The number of piperidine rings is 1. The van der Waals surface area contributed by atoms with E-state index in [1.54, 1.807) is 11.3 Å². The van der Waals surface area contributed by atoms with E-state index >= 15 is 0 Å². The molecule has 0 unspecified atom stereocenters. The standard InChI is InChI=1S/C10H16N2S2/c1-8-6-13-10(12-8)14-7-9-4-2-3-5-11-9/h6,9,11H,2-5,7H2,1H3/t9-/m1/s1. The van der Waals surface area contributed by atoms with Crippen LogP contribution in [0.4, 0.5) is 0 Å². The summed E-state index contributed by atoms with van der Waals surface area (Å²) in [6, 6.07) is 0.706. The highest BCUT2D eigenvalue weighted by Crippen LogP contribution is 2.24. The number of rotatable bonds is 3. The zero-order valence-electron chi connectivity index (χ0n) is 8.45. The van der Waals surface area contributed by atoms with Gasteiger partial charge in [0.1, 0.15) is 4.34 Å². The highest BCUT2D eigenvalue weighted by atomic mass is 32.2. The molecule has 1 N–H and O–H groups in total. The molecule has 1 aliphatic rings. The molecular weight excluding hydrogens is 212 g/mol. The summed E-state index contributed by atoms with van der Waals surface area (Å²) in [4.78, 5) is 4.45. The number of aromatic nitrogens is 1. The fourth-order valence-corrected chi connectivity index (χ4v) is 3.62. The molecule has 1 aromatic heterocycles. The number of hydrogen-bond acceptors (Lipinski definition) is 4. The highest BCUT2D eigenvalue weighted by molar-refractivity contribution is 8.01. The predicted octanol–water partition coefficient (Wildman–Crippen LogP) is 2.69. The Labute approximate surface area is 93.5 Å².